The predicted octanol–water partition coefficient (Wildman–Crippen LogP) is 1.19. The van der Waals surface area contributed by atoms with Crippen molar-refractivity contribution in [2.24, 2.45) is 0 Å². The van der Waals surface area contributed by atoms with E-state index in [4.69, 9.17) is 4.84 Å². The molecule has 6 nitrogen and oxygen atoms in total. The molecule has 0 aromatic rings. The van der Waals surface area contributed by atoms with Crippen LogP contribution in [0.1, 0.15) is 12.8 Å². The van der Waals surface area contributed by atoms with Crippen LogP contribution in [0.3, 0.4) is 0 Å². The van der Waals surface area contributed by atoms with E-state index in [1.54, 1.807) is 11.8 Å². The normalized spacial score (nSPS) is 16.2. The van der Waals surface area contributed by atoms with Crippen molar-refractivity contribution in [3.05, 3.63) is 0 Å². The minimum absolute atomic E-state index is 0.0384. The molecule has 1 aliphatic rings. The zero-order valence-electron chi connectivity index (χ0n) is 9.59. The van der Waals surface area contributed by atoms with Crippen LogP contribution in [0, 0.1) is 0 Å². The van der Waals surface area contributed by atoms with Gasteiger partial charge < -0.3 is 4.84 Å². The molecule has 1 aliphatic heterocycles. The molecule has 1 heterocycles. The molecular weight excluding hydrogens is 265 g/mol. The van der Waals surface area contributed by atoms with E-state index in [1.165, 1.54) is 0 Å². The van der Waals surface area contributed by atoms with Crippen molar-refractivity contribution in [1.29, 1.82) is 0 Å². The van der Waals surface area contributed by atoms with Crippen molar-refractivity contribution >= 4 is 31.4 Å². The van der Waals surface area contributed by atoms with Gasteiger partial charge in [-0.2, -0.15) is 11.8 Å². The topological polar surface area (TPSA) is 72.9 Å². The van der Waals surface area contributed by atoms with Gasteiger partial charge in [0.15, 0.2) is 12.3 Å². The van der Waals surface area contributed by atoms with Gasteiger partial charge in [0.1, 0.15) is 0 Å². The number of hydrogen-bond acceptors (Lipinski definition) is 6. The first-order valence-electron chi connectivity index (χ1n) is 5.21. The smallest absolute Gasteiger partial charge is 0.312 e. The first kappa shape index (κ1) is 14.4. The van der Waals surface area contributed by atoms with E-state index in [9.17, 15) is 14.2 Å². The standard InChI is InChI=1S/C9H15NO5PS/c1-17-7-6-16(13)5-3-9(12)15-10-8(11)2-4-14-10/h2-7H2,1H3/q+1. The third-order valence-corrected chi connectivity index (χ3v) is 4.38. The van der Waals surface area contributed by atoms with Crippen LogP contribution in [0.15, 0.2) is 0 Å². The molecule has 1 rings (SSSR count). The molecule has 1 fully saturated rings. The summed E-state index contributed by atoms with van der Waals surface area (Å²) in [5, 5.41) is 0.608. The van der Waals surface area contributed by atoms with Gasteiger partial charge in [-0.3, -0.25) is 4.79 Å². The molecule has 96 valence electrons. The van der Waals surface area contributed by atoms with Crippen molar-refractivity contribution in [1.82, 2.24) is 5.23 Å². The van der Waals surface area contributed by atoms with Gasteiger partial charge in [0.2, 0.25) is 0 Å². The largest absolute Gasteiger partial charge is 0.340 e. The predicted molar refractivity (Wildman–Crippen MR) is 63.8 cm³/mol. The zero-order chi connectivity index (χ0) is 12.7. The molecule has 1 saturated heterocycles. The van der Waals surface area contributed by atoms with Gasteiger partial charge in [-0.25, -0.2) is 9.63 Å². The molecule has 0 aromatic carbocycles. The molecule has 8 heteroatoms. The minimum Gasteiger partial charge on any atom is -0.312 e. The molecule has 1 atom stereocenters. The number of carbonyl (C=O) groups is 2. The van der Waals surface area contributed by atoms with Crippen molar-refractivity contribution in [3.8, 4) is 0 Å². The molecular formula is C9H15NO5PS+. The van der Waals surface area contributed by atoms with Crippen LogP contribution in [0.5, 0.6) is 0 Å². The quantitative estimate of drug-likeness (QED) is 0.652. The summed E-state index contributed by atoms with van der Waals surface area (Å²) in [5.74, 6) is -0.143. The lowest BCUT2D eigenvalue weighted by Gasteiger charge is -2.11. The van der Waals surface area contributed by atoms with E-state index >= 15 is 0 Å². The first-order chi connectivity index (χ1) is 8.13. The lowest BCUT2D eigenvalue weighted by molar-refractivity contribution is -0.302. The molecule has 0 N–H and O–H groups in total. The maximum absolute atomic E-state index is 11.4. The number of rotatable bonds is 7. The maximum Gasteiger partial charge on any atom is 0.340 e. The second-order valence-corrected chi connectivity index (χ2v) is 6.21. The van der Waals surface area contributed by atoms with Crippen LogP contribution < -0.4 is 0 Å². The summed E-state index contributed by atoms with van der Waals surface area (Å²) in [7, 11) is -1.36. The lowest BCUT2D eigenvalue weighted by Crippen LogP contribution is -2.27. The van der Waals surface area contributed by atoms with Crippen LogP contribution in [-0.2, 0) is 23.8 Å². The Kier molecular flexibility index (Phi) is 6.47. The van der Waals surface area contributed by atoms with E-state index in [1.807, 2.05) is 6.26 Å². The van der Waals surface area contributed by atoms with E-state index in [0.29, 0.717) is 11.4 Å². The Labute approximate surface area is 105 Å². The Bertz CT molecular complexity index is 312. The Morgan fingerprint density at radius 1 is 1.59 bits per heavy atom. The molecule has 0 aromatic heterocycles. The van der Waals surface area contributed by atoms with Crippen LogP contribution in [0.2, 0.25) is 0 Å². The summed E-state index contributed by atoms with van der Waals surface area (Å²) in [6.07, 6.45) is 3.08. The fourth-order valence-electron chi connectivity index (χ4n) is 1.12. The average Bonchev–Trinajstić information content (AvgIpc) is 2.69. The number of hydrogen-bond donors (Lipinski definition) is 0. The SMILES string of the molecule is CSCC[P+](=O)CCC(=O)ON1OCCC1=O. The van der Waals surface area contributed by atoms with E-state index in [2.05, 4.69) is 4.84 Å². The zero-order valence-corrected chi connectivity index (χ0v) is 11.3. The molecule has 0 bridgehead atoms. The number of nitrogens with zero attached hydrogens (tertiary/aromatic N) is 1. The monoisotopic (exact) mass is 280 g/mol. The summed E-state index contributed by atoms with van der Waals surface area (Å²) in [5.41, 5.74) is 0. The third-order valence-electron chi connectivity index (χ3n) is 2.02. The van der Waals surface area contributed by atoms with Crippen molar-refractivity contribution in [2.75, 3.05) is 30.9 Å². The lowest BCUT2D eigenvalue weighted by atomic mass is 10.5. The highest BCUT2D eigenvalue weighted by Crippen LogP contribution is 2.22. The first-order valence-corrected chi connectivity index (χ1v) is 8.23. The minimum atomic E-state index is -1.36. The maximum atomic E-state index is 11.4. The summed E-state index contributed by atoms with van der Waals surface area (Å²) in [4.78, 5) is 31.8. The molecule has 0 saturated carbocycles. The average molecular weight is 280 g/mol. The second-order valence-electron chi connectivity index (χ2n) is 3.37. The summed E-state index contributed by atoms with van der Waals surface area (Å²) >= 11 is 1.62. The Morgan fingerprint density at radius 2 is 2.35 bits per heavy atom. The molecule has 0 aliphatic carbocycles. The van der Waals surface area contributed by atoms with Gasteiger partial charge in [-0.15, -0.1) is 0 Å². The van der Waals surface area contributed by atoms with Crippen LogP contribution in [0.4, 0.5) is 0 Å². The highest BCUT2D eigenvalue weighted by molar-refractivity contribution is 7.98. The summed E-state index contributed by atoms with van der Waals surface area (Å²) in [6.45, 7) is 0.230. The molecule has 1 unspecified atom stereocenters. The van der Waals surface area contributed by atoms with Gasteiger partial charge in [0.05, 0.1) is 19.4 Å². The Hall–Kier alpha value is -0.650. The van der Waals surface area contributed by atoms with Gasteiger partial charge in [0.25, 0.3) is 5.91 Å². The van der Waals surface area contributed by atoms with Crippen molar-refractivity contribution < 1.29 is 23.8 Å². The summed E-state index contributed by atoms with van der Waals surface area (Å²) < 4.78 is 11.4. The number of carbonyl (C=O) groups excluding carboxylic acids is 2. The van der Waals surface area contributed by atoms with Crippen molar-refractivity contribution in [2.45, 2.75) is 12.8 Å². The molecule has 1 amide bonds. The van der Waals surface area contributed by atoms with Gasteiger partial charge >= 0.3 is 13.8 Å². The number of amides is 1. The fraction of sp³-hybridized carbons (Fsp3) is 0.778. The van der Waals surface area contributed by atoms with Crippen molar-refractivity contribution in [3.63, 3.8) is 0 Å². The van der Waals surface area contributed by atoms with Gasteiger partial charge in [-0.1, -0.05) is 4.57 Å². The van der Waals surface area contributed by atoms with E-state index in [0.717, 1.165) is 5.75 Å². The Balaban J connectivity index is 2.16. The highest BCUT2D eigenvalue weighted by Gasteiger charge is 2.27. The molecule has 17 heavy (non-hydrogen) atoms. The number of hydroxylamine groups is 2. The van der Waals surface area contributed by atoms with Crippen LogP contribution >= 0.6 is 19.6 Å². The summed E-state index contributed by atoms with van der Waals surface area (Å²) in [6, 6.07) is 0. The second kappa shape index (κ2) is 7.63. The molecule has 0 spiro atoms. The third kappa shape index (κ3) is 5.48. The van der Waals surface area contributed by atoms with E-state index < -0.39 is 13.8 Å². The highest BCUT2D eigenvalue weighted by atomic mass is 32.2. The van der Waals surface area contributed by atoms with E-state index in [-0.39, 0.29) is 31.5 Å². The van der Waals surface area contributed by atoms with Gasteiger partial charge in [-0.05, 0) is 11.5 Å². The Morgan fingerprint density at radius 3 is 2.94 bits per heavy atom. The van der Waals surface area contributed by atoms with Gasteiger partial charge in [0, 0.05) is 5.75 Å². The van der Waals surface area contributed by atoms with Crippen LogP contribution in [0.25, 0.3) is 0 Å². The number of thioether (sulfide) groups is 1. The van der Waals surface area contributed by atoms with Crippen LogP contribution in [-0.4, -0.2) is 48.0 Å². The molecule has 0 radical (unpaired) electrons. The fourth-order valence-corrected chi connectivity index (χ4v) is 3.32.